The van der Waals surface area contributed by atoms with Crippen LogP contribution in [0.15, 0.2) is 36.7 Å². The molecule has 1 aliphatic rings. The van der Waals surface area contributed by atoms with E-state index in [1.165, 1.54) is 0 Å². The second-order valence-corrected chi connectivity index (χ2v) is 6.09. The van der Waals surface area contributed by atoms with Crippen LogP contribution >= 0.6 is 0 Å². The quantitative estimate of drug-likeness (QED) is 0.780. The third-order valence-electron chi connectivity index (χ3n) is 4.42. The highest BCUT2D eigenvalue weighted by molar-refractivity contribution is 5.95. The number of nitrogens with one attached hydrogen (secondary N) is 1. The molecule has 0 spiro atoms. The van der Waals surface area contributed by atoms with E-state index in [0.29, 0.717) is 54.6 Å². The van der Waals surface area contributed by atoms with Crippen LogP contribution < -0.4 is 14.8 Å². The van der Waals surface area contributed by atoms with E-state index in [0.717, 1.165) is 6.41 Å². The average Bonchev–Trinajstić information content (AvgIpc) is 2.73. The van der Waals surface area contributed by atoms with Crippen molar-refractivity contribution in [2.75, 3.05) is 45.7 Å². The molecule has 0 unspecified atom stereocenters. The van der Waals surface area contributed by atoms with Gasteiger partial charge in [-0.1, -0.05) is 0 Å². The number of nitrogens with zero attached hydrogens (tertiary/aromatic N) is 3. The largest absolute Gasteiger partial charge is 0.497 e. The molecule has 0 aliphatic carbocycles. The first-order valence-corrected chi connectivity index (χ1v) is 8.57. The fourth-order valence-electron chi connectivity index (χ4n) is 2.91. The molecule has 1 N–H and O–H groups in total. The molecule has 1 aliphatic heterocycles. The Balaban J connectivity index is 1.76. The molecule has 8 heteroatoms. The summed E-state index contributed by atoms with van der Waals surface area (Å²) < 4.78 is 10.6. The number of ether oxygens (including phenoxy) is 2. The zero-order valence-electron chi connectivity index (χ0n) is 15.3. The van der Waals surface area contributed by atoms with Gasteiger partial charge in [-0.15, -0.1) is 0 Å². The Morgan fingerprint density at radius 3 is 2.56 bits per heavy atom. The summed E-state index contributed by atoms with van der Waals surface area (Å²) in [5, 5.41) is 3.22. The van der Waals surface area contributed by atoms with Gasteiger partial charge < -0.3 is 24.6 Å². The minimum Gasteiger partial charge on any atom is -0.497 e. The summed E-state index contributed by atoms with van der Waals surface area (Å²) in [6, 6.07) is 7.17. The summed E-state index contributed by atoms with van der Waals surface area (Å²) in [5.74, 6) is 1.23. The summed E-state index contributed by atoms with van der Waals surface area (Å²) in [6.07, 6.45) is 4.00. The molecule has 1 aromatic heterocycles. The summed E-state index contributed by atoms with van der Waals surface area (Å²) in [4.78, 5) is 31.1. The van der Waals surface area contributed by atoms with Gasteiger partial charge in [0.15, 0.2) is 0 Å². The van der Waals surface area contributed by atoms with Crippen LogP contribution in [-0.4, -0.2) is 67.5 Å². The first kappa shape index (κ1) is 18.5. The van der Waals surface area contributed by atoms with Crippen molar-refractivity contribution in [2.45, 2.75) is 0 Å². The molecular formula is C19H22N4O4. The van der Waals surface area contributed by atoms with E-state index in [1.54, 1.807) is 54.6 Å². The number of amides is 2. The van der Waals surface area contributed by atoms with Crippen molar-refractivity contribution in [1.29, 1.82) is 0 Å². The van der Waals surface area contributed by atoms with E-state index in [4.69, 9.17) is 9.47 Å². The van der Waals surface area contributed by atoms with Crippen LogP contribution in [0.25, 0.3) is 0 Å². The topological polar surface area (TPSA) is 84.0 Å². The highest BCUT2D eigenvalue weighted by Crippen LogP contribution is 2.31. The van der Waals surface area contributed by atoms with Crippen molar-refractivity contribution >= 4 is 23.7 Å². The van der Waals surface area contributed by atoms with Crippen LogP contribution in [0.1, 0.15) is 10.4 Å². The molecule has 27 heavy (non-hydrogen) atoms. The van der Waals surface area contributed by atoms with Gasteiger partial charge in [-0.25, -0.2) is 0 Å². The van der Waals surface area contributed by atoms with Gasteiger partial charge >= 0.3 is 0 Å². The van der Waals surface area contributed by atoms with Gasteiger partial charge in [0.1, 0.15) is 11.5 Å². The number of aromatic nitrogens is 1. The molecule has 2 heterocycles. The number of pyridine rings is 1. The van der Waals surface area contributed by atoms with E-state index in [9.17, 15) is 9.59 Å². The molecule has 3 rings (SSSR count). The highest BCUT2D eigenvalue weighted by atomic mass is 16.5. The van der Waals surface area contributed by atoms with Crippen molar-refractivity contribution in [2.24, 2.45) is 0 Å². The minimum absolute atomic E-state index is 0.102. The smallest absolute Gasteiger partial charge is 0.255 e. The summed E-state index contributed by atoms with van der Waals surface area (Å²) in [5.41, 5.74) is 1.86. The van der Waals surface area contributed by atoms with Gasteiger partial charge in [-0.05, 0) is 18.2 Å². The molecule has 2 aromatic rings. The van der Waals surface area contributed by atoms with E-state index in [-0.39, 0.29) is 5.91 Å². The lowest BCUT2D eigenvalue weighted by molar-refractivity contribution is -0.119. The normalized spacial score (nSPS) is 13.9. The molecule has 8 nitrogen and oxygen atoms in total. The number of anilines is 2. The third-order valence-corrected chi connectivity index (χ3v) is 4.42. The molecule has 0 radical (unpaired) electrons. The van der Waals surface area contributed by atoms with Crippen LogP contribution in [0.5, 0.6) is 11.5 Å². The maximum atomic E-state index is 12.7. The predicted molar refractivity (Wildman–Crippen MR) is 101 cm³/mol. The van der Waals surface area contributed by atoms with E-state index in [2.05, 4.69) is 10.3 Å². The minimum atomic E-state index is -0.102. The lowest BCUT2D eigenvalue weighted by Crippen LogP contribution is -2.48. The molecule has 0 saturated carbocycles. The van der Waals surface area contributed by atoms with E-state index >= 15 is 0 Å². The Labute approximate surface area is 157 Å². The second-order valence-electron chi connectivity index (χ2n) is 6.09. The molecular weight excluding hydrogens is 348 g/mol. The molecule has 2 amide bonds. The SMILES string of the molecule is COc1ccc(OC)c(Nc2cncc(C(=O)N3CCN(C=O)CC3)c2)c1. The van der Waals surface area contributed by atoms with E-state index in [1.807, 2.05) is 6.07 Å². The molecule has 1 saturated heterocycles. The molecule has 0 atom stereocenters. The Bertz CT molecular complexity index is 819. The van der Waals surface area contributed by atoms with Crippen molar-refractivity contribution < 1.29 is 19.1 Å². The molecule has 0 bridgehead atoms. The fraction of sp³-hybridized carbons (Fsp3) is 0.316. The molecule has 1 aromatic carbocycles. The van der Waals surface area contributed by atoms with E-state index < -0.39 is 0 Å². The maximum absolute atomic E-state index is 12.7. The first-order valence-electron chi connectivity index (χ1n) is 8.57. The predicted octanol–water partition coefficient (Wildman–Crippen LogP) is 1.76. The molecule has 1 fully saturated rings. The van der Waals surface area contributed by atoms with Gasteiger partial charge in [-0.2, -0.15) is 0 Å². The Kier molecular flexibility index (Phi) is 5.75. The van der Waals surface area contributed by atoms with Crippen LogP contribution in [0.2, 0.25) is 0 Å². The zero-order chi connectivity index (χ0) is 19.2. The van der Waals surface area contributed by atoms with Gasteiger partial charge in [0.2, 0.25) is 6.41 Å². The van der Waals surface area contributed by atoms with Crippen molar-refractivity contribution in [3.63, 3.8) is 0 Å². The number of benzene rings is 1. The van der Waals surface area contributed by atoms with Crippen molar-refractivity contribution in [1.82, 2.24) is 14.8 Å². The monoisotopic (exact) mass is 370 g/mol. The number of piperazine rings is 1. The standard InChI is InChI=1S/C19H22N4O4/c1-26-16-3-4-18(27-2)17(10-16)21-15-9-14(11-20-12-15)19(25)23-7-5-22(13-24)6-8-23/h3-4,9-13,21H,5-8H2,1-2H3. The number of methoxy groups -OCH3 is 2. The van der Waals surface area contributed by atoms with Crippen LogP contribution in [0.4, 0.5) is 11.4 Å². The van der Waals surface area contributed by atoms with Crippen molar-refractivity contribution in [3.05, 3.63) is 42.2 Å². The zero-order valence-corrected chi connectivity index (χ0v) is 15.3. The van der Waals surface area contributed by atoms with Crippen LogP contribution in [0, 0.1) is 0 Å². The van der Waals surface area contributed by atoms with Gasteiger partial charge in [-0.3, -0.25) is 14.6 Å². The average molecular weight is 370 g/mol. The number of hydrogen-bond acceptors (Lipinski definition) is 6. The second kappa shape index (κ2) is 8.39. The number of rotatable bonds is 6. The Morgan fingerprint density at radius 1 is 1.11 bits per heavy atom. The Hall–Kier alpha value is -3.29. The summed E-state index contributed by atoms with van der Waals surface area (Å²) in [7, 11) is 3.18. The van der Waals surface area contributed by atoms with Gasteiger partial charge in [0.25, 0.3) is 5.91 Å². The number of carbonyl (C=O) groups excluding carboxylic acids is 2. The van der Waals surface area contributed by atoms with Crippen LogP contribution in [-0.2, 0) is 4.79 Å². The Morgan fingerprint density at radius 2 is 1.89 bits per heavy atom. The lowest BCUT2D eigenvalue weighted by atomic mass is 10.2. The summed E-state index contributed by atoms with van der Waals surface area (Å²) in [6.45, 7) is 2.11. The maximum Gasteiger partial charge on any atom is 0.255 e. The van der Waals surface area contributed by atoms with Crippen molar-refractivity contribution in [3.8, 4) is 11.5 Å². The van der Waals surface area contributed by atoms with Gasteiger partial charge in [0.05, 0.1) is 37.4 Å². The summed E-state index contributed by atoms with van der Waals surface area (Å²) >= 11 is 0. The first-order chi connectivity index (χ1) is 13.1. The third kappa shape index (κ3) is 4.28. The highest BCUT2D eigenvalue weighted by Gasteiger charge is 2.21. The lowest BCUT2D eigenvalue weighted by Gasteiger charge is -2.32. The fourth-order valence-corrected chi connectivity index (χ4v) is 2.91. The van der Waals surface area contributed by atoms with Crippen LogP contribution in [0.3, 0.4) is 0 Å². The van der Waals surface area contributed by atoms with Gasteiger partial charge in [0, 0.05) is 38.4 Å². The molecule has 142 valence electrons. The number of carbonyl (C=O) groups is 2. The number of hydrogen-bond donors (Lipinski definition) is 1.